The first kappa shape index (κ1) is 12.5. The van der Waals surface area contributed by atoms with Crippen LogP contribution < -0.4 is 5.32 Å². The summed E-state index contributed by atoms with van der Waals surface area (Å²) in [4.78, 5) is 19.4. The molecule has 1 fully saturated rings. The summed E-state index contributed by atoms with van der Waals surface area (Å²) in [5.74, 6) is 0.155. The van der Waals surface area contributed by atoms with Gasteiger partial charge in [0.2, 0.25) is 0 Å². The van der Waals surface area contributed by atoms with Crippen molar-refractivity contribution in [2.75, 3.05) is 20.1 Å². The maximum absolute atomic E-state index is 12.3. The number of hydrogen-bond donors (Lipinski definition) is 1. The van der Waals surface area contributed by atoms with Gasteiger partial charge in [-0.15, -0.1) is 11.3 Å². The Morgan fingerprint density at radius 3 is 2.53 bits per heavy atom. The van der Waals surface area contributed by atoms with Crippen LogP contribution in [0.4, 0.5) is 0 Å². The summed E-state index contributed by atoms with van der Waals surface area (Å²) >= 11 is 1.50. The highest BCUT2D eigenvalue weighted by atomic mass is 32.1. The number of nitrogens with one attached hydrogen (secondary N) is 1. The van der Waals surface area contributed by atoms with Crippen molar-refractivity contribution >= 4 is 17.2 Å². The van der Waals surface area contributed by atoms with Crippen molar-refractivity contribution in [1.82, 2.24) is 15.2 Å². The molecule has 2 rings (SSSR count). The van der Waals surface area contributed by atoms with Crippen LogP contribution in [0.3, 0.4) is 0 Å². The van der Waals surface area contributed by atoms with Gasteiger partial charge in [0.1, 0.15) is 4.88 Å². The third kappa shape index (κ3) is 2.66. The van der Waals surface area contributed by atoms with Gasteiger partial charge in [0, 0.05) is 19.1 Å². The number of carbonyl (C=O) groups is 1. The van der Waals surface area contributed by atoms with Crippen LogP contribution in [-0.4, -0.2) is 42.0 Å². The van der Waals surface area contributed by atoms with Gasteiger partial charge in [-0.3, -0.25) is 4.79 Å². The molecule has 0 aromatic carbocycles. The van der Waals surface area contributed by atoms with Crippen LogP contribution >= 0.6 is 11.3 Å². The molecule has 1 aliphatic heterocycles. The van der Waals surface area contributed by atoms with Crippen LogP contribution in [0.2, 0.25) is 0 Å². The van der Waals surface area contributed by atoms with Crippen molar-refractivity contribution in [1.29, 1.82) is 0 Å². The minimum atomic E-state index is 0.155. The fraction of sp³-hybridized carbons (Fsp3) is 0.667. The van der Waals surface area contributed by atoms with Crippen LogP contribution in [0.1, 0.15) is 33.2 Å². The molecule has 1 N–H and O–H groups in total. The monoisotopic (exact) mass is 253 g/mol. The lowest BCUT2D eigenvalue weighted by Crippen LogP contribution is -2.43. The van der Waals surface area contributed by atoms with Crippen molar-refractivity contribution in [2.45, 2.75) is 32.7 Å². The predicted molar refractivity (Wildman–Crippen MR) is 69.6 cm³/mol. The van der Waals surface area contributed by atoms with E-state index in [1.165, 1.54) is 11.3 Å². The molecule has 1 amide bonds. The lowest BCUT2D eigenvalue weighted by atomic mass is 10.1. The summed E-state index contributed by atoms with van der Waals surface area (Å²) in [7, 11) is 1.98. The zero-order valence-corrected chi connectivity index (χ0v) is 11.4. The number of amides is 1. The average molecular weight is 253 g/mol. The number of aryl methyl sites for hydroxylation is 2. The summed E-state index contributed by atoms with van der Waals surface area (Å²) in [5.41, 5.74) is 0.869. The summed E-state index contributed by atoms with van der Waals surface area (Å²) < 4.78 is 0. The molecule has 1 aromatic heterocycles. The minimum Gasteiger partial charge on any atom is -0.338 e. The molecule has 2 heterocycles. The zero-order valence-electron chi connectivity index (χ0n) is 10.6. The van der Waals surface area contributed by atoms with Crippen LogP contribution in [0, 0.1) is 13.8 Å². The molecule has 0 atom stereocenters. The van der Waals surface area contributed by atoms with Crippen molar-refractivity contribution in [3.05, 3.63) is 15.6 Å². The van der Waals surface area contributed by atoms with Crippen LogP contribution in [0.15, 0.2) is 0 Å². The van der Waals surface area contributed by atoms with Gasteiger partial charge >= 0.3 is 0 Å². The van der Waals surface area contributed by atoms with Gasteiger partial charge in [-0.05, 0) is 33.7 Å². The Hall–Kier alpha value is -0.940. The number of piperidine rings is 1. The highest BCUT2D eigenvalue weighted by molar-refractivity contribution is 7.13. The van der Waals surface area contributed by atoms with E-state index in [1.807, 2.05) is 25.8 Å². The van der Waals surface area contributed by atoms with Gasteiger partial charge in [-0.25, -0.2) is 4.98 Å². The zero-order chi connectivity index (χ0) is 12.4. The number of hydrogen-bond acceptors (Lipinski definition) is 4. The number of rotatable bonds is 2. The molecule has 0 radical (unpaired) electrons. The lowest BCUT2D eigenvalue weighted by Gasteiger charge is -2.31. The molecular formula is C12H19N3OS. The van der Waals surface area contributed by atoms with Crippen molar-refractivity contribution < 1.29 is 4.79 Å². The molecule has 5 heteroatoms. The quantitative estimate of drug-likeness (QED) is 0.870. The van der Waals surface area contributed by atoms with Gasteiger partial charge in [-0.1, -0.05) is 0 Å². The van der Waals surface area contributed by atoms with E-state index >= 15 is 0 Å². The first-order chi connectivity index (χ1) is 8.11. The van der Waals surface area contributed by atoms with Crippen molar-refractivity contribution in [3.63, 3.8) is 0 Å². The molecule has 0 saturated carbocycles. The second-order valence-corrected chi connectivity index (χ2v) is 5.71. The van der Waals surface area contributed by atoms with Crippen molar-refractivity contribution in [2.24, 2.45) is 0 Å². The molecule has 1 aliphatic rings. The molecule has 1 aromatic rings. The fourth-order valence-electron chi connectivity index (χ4n) is 2.24. The van der Waals surface area contributed by atoms with Gasteiger partial charge in [0.25, 0.3) is 5.91 Å². The highest BCUT2D eigenvalue weighted by Crippen LogP contribution is 2.21. The van der Waals surface area contributed by atoms with Gasteiger partial charge in [0.05, 0.1) is 10.7 Å². The Bertz CT molecular complexity index is 408. The summed E-state index contributed by atoms with van der Waals surface area (Å²) in [6, 6.07) is 0.559. The van der Waals surface area contributed by atoms with E-state index in [0.717, 1.165) is 41.5 Å². The third-order valence-electron chi connectivity index (χ3n) is 3.29. The Labute approximate surface area is 106 Å². The number of carbonyl (C=O) groups excluding carboxylic acids is 1. The van der Waals surface area contributed by atoms with Crippen LogP contribution in [0.25, 0.3) is 0 Å². The fourth-order valence-corrected chi connectivity index (χ4v) is 3.13. The highest BCUT2D eigenvalue weighted by Gasteiger charge is 2.25. The summed E-state index contributed by atoms with van der Waals surface area (Å²) in [5, 5.41) is 4.24. The third-order valence-corrected chi connectivity index (χ3v) is 4.35. The molecule has 4 nitrogen and oxygen atoms in total. The van der Waals surface area contributed by atoms with Gasteiger partial charge < -0.3 is 10.2 Å². The standard InChI is InChI=1S/C12H19N3OS/c1-8-11(17-9(2)14-8)12(16)15-6-4-10(13-3)5-7-15/h10,13H,4-7H2,1-3H3. The molecule has 1 saturated heterocycles. The molecular weight excluding hydrogens is 234 g/mol. The topological polar surface area (TPSA) is 45.2 Å². The SMILES string of the molecule is CNC1CCN(C(=O)c2sc(C)nc2C)CC1. The van der Waals surface area contributed by atoms with Crippen LogP contribution in [0.5, 0.6) is 0 Å². The van der Waals surface area contributed by atoms with Gasteiger partial charge in [0.15, 0.2) is 0 Å². The van der Waals surface area contributed by atoms with E-state index in [2.05, 4.69) is 10.3 Å². The second-order valence-electron chi connectivity index (χ2n) is 4.50. The Morgan fingerprint density at radius 2 is 2.06 bits per heavy atom. The average Bonchev–Trinajstić information content (AvgIpc) is 2.68. The van der Waals surface area contributed by atoms with Gasteiger partial charge in [-0.2, -0.15) is 0 Å². The second kappa shape index (κ2) is 5.14. The summed E-state index contributed by atoms with van der Waals surface area (Å²) in [6.45, 7) is 5.56. The molecule has 94 valence electrons. The van der Waals surface area contributed by atoms with E-state index in [-0.39, 0.29) is 5.91 Å². The van der Waals surface area contributed by atoms with E-state index in [9.17, 15) is 4.79 Å². The lowest BCUT2D eigenvalue weighted by molar-refractivity contribution is 0.0711. The Morgan fingerprint density at radius 1 is 1.41 bits per heavy atom. The number of likely N-dealkylation sites (tertiary alicyclic amines) is 1. The van der Waals surface area contributed by atoms with E-state index in [4.69, 9.17) is 0 Å². The molecule has 0 bridgehead atoms. The first-order valence-corrected chi connectivity index (χ1v) is 6.84. The molecule has 0 spiro atoms. The summed E-state index contributed by atoms with van der Waals surface area (Å²) in [6.07, 6.45) is 2.08. The smallest absolute Gasteiger partial charge is 0.265 e. The first-order valence-electron chi connectivity index (χ1n) is 6.02. The molecule has 0 aliphatic carbocycles. The Kier molecular flexibility index (Phi) is 3.79. The number of thiazole rings is 1. The molecule has 17 heavy (non-hydrogen) atoms. The normalized spacial score (nSPS) is 17.5. The maximum Gasteiger partial charge on any atom is 0.265 e. The van der Waals surface area contributed by atoms with Crippen LogP contribution in [-0.2, 0) is 0 Å². The number of nitrogens with zero attached hydrogens (tertiary/aromatic N) is 2. The maximum atomic E-state index is 12.3. The van der Waals surface area contributed by atoms with E-state index < -0.39 is 0 Å². The number of aromatic nitrogens is 1. The predicted octanol–water partition coefficient (Wildman–Crippen LogP) is 1.58. The van der Waals surface area contributed by atoms with Crippen molar-refractivity contribution in [3.8, 4) is 0 Å². The molecule has 0 unspecified atom stereocenters. The Balaban J connectivity index is 2.04. The van der Waals surface area contributed by atoms with E-state index in [0.29, 0.717) is 6.04 Å². The van der Waals surface area contributed by atoms with E-state index in [1.54, 1.807) is 0 Å². The minimum absolute atomic E-state index is 0.155. The largest absolute Gasteiger partial charge is 0.338 e.